The van der Waals surface area contributed by atoms with Gasteiger partial charge in [-0.25, -0.2) is 19.3 Å². The number of fused-ring (bicyclic) bond motifs is 5. The number of halogens is 1. The van der Waals surface area contributed by atoms with E-state index in [9.17, 15) is 19.4 Å². The Kier molecular flexibility index (Phi) is 9.12. The number of anilines is 2. The predicted octanol–water partition coefficient (Wildman–Crippen LogP) is 0.305. The highest BCUT2D eigenvalue weighted by Crippen LogP contribution is 2.54. The standard InChI is InChI=1S/C23H28FN11O10P2S2/c1-8(2)19(36)30-23-29-18-14(20(37)31-23)28-7-34(18)21-10-3-9(42-21)4-40-47(39,49)45-15-11(5-41-46(38,48)44-10)43-22(12(15)24)35-17-13(32-33-35)16(25)26-6-27-17/h6-12,15,21-22H,3-5H2,1-2H3,(H,38,48)(H,39,49)(H2,25,26,27)(H2,29,30,31,36,37)/t9-,10-,11+,12-,15+,21+,22+,46?,47?/m0/s1. The molecule has 3 aliphatic heterocycles. The number of imidazole rings is 1. The number of hydrogen-bond acceptors (Lipinski definition) is 17. The maximum absolute atomic E-state index is 16.1. The number of nitrogens with one attached hydrogen (secondary N) is 2. The molecule has 2 unspecified atom stereocenters. The van der Waals surface area contributed by atoms with Gasteiger partial charge in [0.2, 0.25) is 11.9 Å². The fourth-order valence-corrected chi connectivity index (χ4v) is 8.33. The first-order valence-corrected chi connectivity index (χ1v) is 19.7. The lowest BCUT2D eigenvalue weighted by Gasteiger charge is -2.27. The van der Waals surface area contributed by atoms with Crippen LogP contribution in [0.2, 0.25) is 0 Å². The van der Waals surface area contributed by atoms with Crippen LogP contribution in [0.4, 0.5) is 16.2 Å². The van der Waals surface area contributed by atoms with Crippen molar-refractivity contribution in [2.75, 3.05) is 24.3 Å². The summed E-state index contributed by atoms with van der Waals surface area (Å²) < 4.78 is 53.2. The van der Waals surface area contributed by atoms with E-state index in [1.54, 1.807) is 13.8 Å². The molecule has 264 valence electrons. The van der Waals surface area contributed by atoms with E-state index >= 15 is 4.39 Å². The smallest absolute Gasteiger partial charge is 0.325 e. The van der Waals surface area contributed by atoms with Crippen LogP contribution in [0.25, 0.3) is 22.3 Å². The van der Waals surface area contributed by atoms with Crippen LogP contribution in [-0.4, -0.2) is 104 Å². The topological polar surface area (TPSA) is 271 Å². The highest BCUT2D eigenvalue weighted by molar-refractivity contribution is 8.07. The molecule has 0 spiro atoms. The zero-order valence-electron chi connectivity index (χ0n) is 25.3. The van der Waals surface area contributed by atoms with Crippen molar-refractivity contribution in [2.24, 2.45) is 5.92 Å². The second-order valence-electron chi connectivity index (χ2n) is 11.5. The SMILES string of the molecule is CC(C)C(=O)Nc1nc2c(ncn2[C@@H]2O[C@@H]3COP(O)(=S)O[C@H]4[C@H](F)[C@H](n5nnc6c(N)ncnc65)O[C@@H]4COP(O)(=S)O[C@H]2C3)c(=O)[nH]1. The van der Waals surface area contributed by atoms with Gasteiger partial charge in [-0.2, -0.15) is 9.67 Å². The van der Waals surface area contributed by atoms with E-state index in [0.29, 0.717) is 0 Å². The molecular weight excluding hydrogens is 735 g/mol. The highest BCUT2D eigenvalue weighted by Gasteiger charge is 2.52. The van der Waals surface area contributed by atoms with Gasteiger partial charge >= 0.3 is 13.4 Å². The summed E-state index contributed by atoms with van der Waals surface area (Å²) >= 11 is 10.5. The fraction of sp³-hybridized carbons (Fsp3) is 0.565. The van der Waals surface area contributed by atoms with Gasteiger partial charge in [0.25, 0.3) is 5.56 Å². The molecule has 2 bridgehead atoms. The summed E-state index contributed by atoms with van der Waals surface area (Å²) in [5.74, 6) is -0.919. The second-order valence-corrected chi connectivity index (χ2v) is 17.1. The number of rotatable bonds is 4. The van der Waals surface area contributed by atoms with E-state index < -0.39 is 80.5 Å². The zero-order valence-corrected chi connectivity index (χ0v) is 28.7. The highest BCUT2D eigenvalue weighted by atomic mass is 32.5. The van der Waals surface area contributed by atoms with Crippen LogP contribution >= 0.6 is 13.4 Å². The van der Waals surface area contributed by atoms with Gasteiger partial charge in [0.15, 0.2) is 46.8 Å². The first-order valence-electron chi connectivity index (χ1n) is 14.5. The molecule has 7 heterocycles. The average molecular weight is 764 g/mol. The third kappa shape index (κ3) is 6.76. The molecule has 21 nitrogen and oxygen atoms in total. The molecule has 6 N–H and O–H groups in total. The number of H-pyrrole nitrogens is 1. The van der Waals surface area contributed by atoms with Gasteiger partial charge in [0.05, 0.1) is 25.6 Å². The molecule has 0 saturated carbocycles. The Morgan fingerprint density at radius 3 is 2.61 bits per heavy atom. The van der Waals surface area contributed by atoms with E-state index in [1.807, 2.05) is 0 Å². The molecule has 4 aromatic rings. The summed E-state index contributed by atoms with van der Waals surface area (Å²) in [7, 11) is 0. The van der Waals surface area contributed by atoms with Gasteiger partial charge < -0.3 is 38.6 Å². The minimum absolute atomic E-state index is 0.00364. The molecule has 3 aliphatic rings. The number of amides is 1. The Labute approximate surface area is 284 Å². The molecule has 0 aliphatic carbocycles. The van der Waals surface area contributed by atoms with Crippen molar-refractivity contribution in [3.63, 3.8) is 0 Å². The van der Waals surface area contributed by atoms with Crippen molar-refractivity contribution in [3.05, 3.63) is 23.0 Å². The van der Waals surface area contributed by atoms with Crippen LogP contribution in [0.3, 0.4) is 0 Å². The molecule has 7 rings (SSSR count). The van der Waals surface area contributed by atoms with E-state index in [-0.39, 0.29) is 47.1 Å². The summed E-state index contributed by atoms with van der Waals surface area (Å²) in [6.07, 6.45) is -7.07. The number of aromatic amines is 1. The number of ether oxygens (including phenoxy) is 2. The van der Waals surface area contributed by atoms with Crippen LogP contribution in [0.1, 0.15) is 32.7 Å². The number of carbonyl (C=O) groups excluding carboxylic acids is 1. The van der Waals surface area contributed by atoms with E-state index in [1.165, 1.54) is 10.9 Å². The number of aromatic nitrogens is 9. The molecule has 3 saturated heterocycles. The summed E-state index contributed by atoms with van der Waals surface area (Å²) in [5, 5.41) is 10.3. The molecule has 49 heavy (non-hydrogen) atoms. The molecule has 0 radical (unpaired) electrons. The Hall–Kier alpha value is -2.99. The van der Waals surface area contributed by atoms with Crippen molar-refractivity contribution in [1.29, 1.82) is 0 Å². The molecule has 0 aromatic carbocycles. The summed E-state index contributed by atoms with van der Waals surface area (Å²) in [4.78, 5) is 66.1. The third-order valence-electron chi connectivity index (χ3n) is 7.76. The van der Waals surface area contributed by atoms with E-state index in [0.717, 1.165) is 11.0 Å². The maximum atomic E-state index is 16.1. The normalized spacial score (nSPS) is 34.0. The average Bonchev–Trinajstić information content (AvgIpc) is 3.80. The van der Waals surface area contributed by atoms with Crippen LogP contribution in [0.15, 0.2) is 17.4 Å². The number of nitrogen functional groups attached to an aromatic ring is 1. The molecule has 1 amide bonds. The van der Waals surface area contributed by atoms with Crippen molar-refractivity contribution in [1.82, 2.24) is 44.5 Å². The zero-order chi connectivity index (χ0) is 34.8. The van der Waals surface area contributed by atoms with Gasteiger partial charge in [0, 0.05) is 12.3 Å². The van der Waals surface area contributed by atoms with E-state index in [2.05, 4.69) is 40.5 Å². The Morgan fingerprint density at radius 1 is 1.08 bits per heavy atom. The monoisotopic (exact) mass is 763 g/mol. The van der Waals surface area contributed by atoms with Gasteiger partial charge in [0.1, 0.15) is 24.6 Å². The fourth-order valence-electron chi connectivity index (χ4n) is 5.43. The number of carbonyl (C=O) groups is 1. The van der Waals surface area contributed by atoms with Gasteiger partial charge in [-0.3, -0.25) is 29.0 Å². The van der Waals surface area contributed by atoms with Crippen LogP contribution in [0.5, 0.6) is 0 Å². The molecule has 3 fully saturated rings. The second kappa shape index (κ2) is 13.0. The van der Waals surface area contributed by atoms with E-state index in [4.69, 9.17) is 56.9 Å². The number of alkyl halides is 1. The van der Waals surface area contributed by atoms with Gasteiger partial charge in [-0.05, 0) is 23.6 Å². The van der Waals surface area contributed by atoms with Crippen LogP contribution < -0.4 is 16.6 Å². The van der Waals surface area contributed by atoms with Crippen molar-refractivity contribution in [2.45, 2.75) is 63.3 Å². The molecule has 9 atom stereocenters. The minimum Gasteiger partial charge on any atom is -0.382 e. The van der Waals surface area contributed by atoms with Crippen LogP contribution in [-0.2, 0) is 56.0 Å². The molecule has 26 heteroatoms. The first kappa shape index (κ1) is 34.5. The number of nitrogens with zero attached hydrogens (tertiary/aromatic N) is 8. The van der Waals surface area contributed by atoms with Gasteiger partial charge in [-0.15, -0.1) is 5.10 Å². The Balaban J connectivity index is 1.17. The molecule has 4 aromatic heterocycles. The quantitative estimate of drug-likeness (QED) is 0.175. The third-order valence-corrected chi connectivity index (χ3v) is 10.9. The lowest BCUT2D eigenvalue weighted by Crippen LogP contribution is -2.34. The largest absolute Gasteiger partial charge is 0.382 e. The molecular formula is C23H28FN11O10P2S2. The van der Waals surface area contributed by atoms with Crippen molar-refractivity contribution < 1.29 is 46.5 Å². The Morgan fingerprint density at radius 2 is 1.84 bits per heavy atom. The summed E-state index contributed by atoms with van der Waals surface area (Å²) in [6.45, 7) is -5.95. The minimum atomic E-state index is -4.19. The van der Waals surface area contributed by atoms with Crippen molar-refractivity contribution >= 4 is 77.1 Å². The Bertz CT molecular complexity index is 2090. The maximum Gasteiger partial charge on any atom is 0.325 e. The van der Waals surface area contributed by atoms with Crippen molar-refractivity contribution in [3.8, 4) is 0 Å². The number of nitrogens with two attached hydrogens (primary N) is 1. The lowest BCUT2D eigenvalue weighted by atomic mass is 10.1. The van der Waals surface area contributed by atoms with Crippen LogP contribution in [0, 0.1) is 5.92 Å². The first-order chi connectivity index (χ1) is 23.2. The predicted molar refractivity (Wildman–Crippen MR) is 171 cm³/mol. The van der Waals surface area contributed by atoms with Gasteiger partial charge in [-0.1, -0.05) is 19.1 Å². The number of hydrogen-bond donors (Lipinski definition) is 5. The summed E-state index contributed by atoms with van der Waals surface area (Å²) in [6, 6.07) is 0. The lowest BCUT2D eigenvalue weighted by molar-refractivity contribution is -0.118. The summed E-state index contributed by atoms with van der Waals surface area (Å²) in [5.41, 5.74) is 5.29.